The fourth-order valence-corrected chi connectivity index (χ4v) is 5.36. The number of nitrogens with one attached hydrogen (secondary N) is 2. The van der Waals surface area contributed by atoms with Crippen LogP contribution in [-0.2, 0) is 17.9 Å². The summed E-state index contributed by atoms with van der Waals surface area (Å²) in [6, 6.07) is 11.4. The number of methoxy groups -OCH3 is 2. The Bertz CT molecular complexity index is 1580. The van der Waals surface area contributed by atoms with E-state index in [1.54, 1.807) is 19.5 Å². The Morgan fingerprint density at radius 3 is 1.95 bits per heavy atom. The van der Waals surface area contributed by atoms with Gasteiger partial charge in [0.05, 0.1) is 48.0 Å². The van der Waals surface area contributed by atoms with Crippen LogP contribution < -0.4 is 25.8 Å². The quantitative estimate of drug-likeness (QED) is 0.244. The van der Waals surface area contributed by atoms with Gasteiger partial charge in [0.25, 0.3) is 0 Å². The Balaban J connectivity index is 1.43. The molecule has 10 nitrogen and oxygen atoms in total. The van der Waals surface area contributed by atoms with Gasteiger partial charge in [-0.3, -0.25) is 14.8 Å². The zero-order valence-electron chi connectivity index (χ0n) is 22.6. The highest BCUT2D eigenvalue weighted by atomic mass is 35.5. The van der Waals surface area contributed by atoms with Crippen LogP contribution in [0.15, 0.2) is 48.8 Å². The van der Waals surface area contributed by atoms with Gasteiger partial charge in [-0.1, -0.05) is 59.6 Å². The van der Waals surface area contributed by atoms with Crippen molar-refractivity contribution in [1.29, 1.82) is 0 Å². The summed E-state index contributed by atoms with van der Waals surface area (Å²) in [6.07, 6.45) is 4.66. The number of aromatic nitrogens is 4. The molecule has 1 fully saturated rings. The van der Waals surface area contributed by atoms with Gasteiger partial charge in [-0.05, 0) is 6.42 Å². The number of halogens is 2. The highest BCUT2D eigenvalue weighted by molar-refractivity contribution is 6.39. The van der Waals surface area contributed by atoms with Crippen LogP contribution >= 0.6 is 23.2 Å². The second-order valence-electron chi connectivity index (χ2n) is 9.39. The number of carbonyl (C=O) groups is 1. The summed E-state index contributed by atoms with van der Waals surface area (Å²) >= 11 is 13.9. The Morgan fingerprint density at radius 1 is 0.902 bits per heavy atom. The minimum Gasteiger partial charge on any atom is -0.480 e. The largest absolute Gasteiger partial charge is 0.480 e. The van der Waals surface area contributed by atoms with Gasteiger partial charge >= 0.3 is 0 Å². The molecule has 1 aliphatic rings. The molecule has 12 heteroatoms. The lowest BCUT2D eigenvalue weighted by atomic mass is 9.98. The second kappa shape index (κ2) is 12.8. The number of amides is 1. The van der Waals surface area contributed by atoms with Gasteiger partial charge in [0.15, 0.2) is 0 Å². The monoisotopic (exact) mass is 593 g/mol. The number of benzene rings is 2. The van der Waals surface area contributed by atoms with Crippen LogP contribution in [0.25, 0.3) is 33.6 Å². The third-order valence-corrected chi connectivity index (χ3v) is 7.63. The van der Waals surface area contributed by atoms with Crippen molar-refractivity contribution >= 4 is 29.1 Å². The van der Waals surface area contributed by atoms with Crippen molar-refractivity contribution in [2.24, 2.45) is 5.73 Å². The molecule has 1 atom stereocenters. The first-order chi connectivity index (χ1) is 19.9. The fourth-order valence-electron chi connectivity index (χ4n) is 4.71. The summed E-state index contributed by atoms with van der Waals surface area (Å²) in [5.74, 6) is 0.823. The van der Waals surface area contributed by atoms with Crippen molar-refractivity contribution in [2.75, 3.05) is 20.8 Å². The molecule has 0 aliphatic carbocycles. The van der Waals surface area contributed by atoms with Gasteiger partial charge in [0.2, 0.25) is 17.7 Å². The van der Waals surface area contributed by atoms with Gasteiger partial charge in [-0.25, -0.2) is 9.97 Å². The number of ether oxygens (including phenoxy) is 2. The first-order valence-corrected chi connectivity index (χ1v) is 13.8. The van der Waals surface area contributed by atoms with E-state index in [1.807, 2.05) is 36.4 Å². The van der Waals surface area contributed by atoms with Crippen LogP contribution in [0.4, 0.5) is 0 Å². The molecule has 1 saturated heterocycles. The van der Waals surface area contributed by atoms with Crippen molar-refractivity contribution in [3.8, 4) is 45.4 Å². The number of hydrogen-bond acceptors (Lipinski definition) is 9. The summed E-state index contributed by atoms with van der Waals surface area (Å²) in [6.45, 7) is 1.29. The molecule has 0 saturated carbocycles. The molecule has 1 aliphatic heterocycles. The van der Waals surface area contributed by atoms with E-state index in [0.717, 1.165) is 17.5 Å². The lowest BCUT2D eigenvalue weighted by Crippen LogP contribution is -2.35. The Kier molecular flexibility index (Phi) is 8.94. The Labute approximate surface area is 247 Å². The molecule has 4 N–H and O–H groups in total. The van der Waals surface area contributed by atoms with Crippen molar-refractivity contribution in [3.63, 3.8) is 0 Å². The highest BCUT2D eigenvalue weighted by Crippen LogP contribution is 2.42. The summed E-state index contributed by atoms with van der Waals surface area (Å²) in [5, 5.41) is 7.19. The van der Waals surface area contributed by atoms with Gasteiger partial charge in [-0.15, -0.1) is 0 Å². The zero-order valence-corrected chi connectivity index (χ0v) is 24.1. The minimum absolute atomic E-state index is 0.0840. The molecule has 1 amide bonds. The third kappa shape index (κ3) is 6.11. The molecule has 41 heavy (non-hydrogen) atoms. The van der Waals surface area contributed by atoms with E-state index in [1.165, 1.54) is 7.11 Å². The van der Waals surface area contributed by atoms with E-state index in [9.17, 15) is 4.79 Å². The number of carbonyl (C=O) groups excluding carboxylic acids is 1. The molecule has 0 spiro atoms. The molecule has 0 unspecified atom stereocenters. The third-order valence-electron chi connectivity index (χ3n) is 6.81. The molecule has 2 aromatic heterocycles. The van der Waals surface area contributed by atoms with Crippen molar-refractivity contribution < 1.29 is 14.3 Å². The molecule has 2 aromatic carbocycles. The first kappa shape index (κ1) is 28.7. The number of rotatable bonds is 10. The smallest absolute Gasteiger partial charge is 0.237 e. The minimum atomic E-state index is 0.0840. The maximum Gasteiger partial charge on any atom is 0.237 e. The zero-order chi connectivity index (χ0) is 28.9. The molecule has 0 bridgehead atoms. The second-order valence-corrected chi connectivity index (χ2v) is 10.2. The number of nitrogens with zero attached hydrogens (tertiary/aromatic N) is 4. The van der Waals surface area contributed by atoms with Gasteiger partial charge < -0.3 is 25.8 Å². The number of nitrogens with two attached hydrogens (primary N) is 1. The van der Waals surface area contributed by atoms with Crippen LogP contribution in [0.1, 0.15) is 24.2 Å². The molecule has 3 heterocycles. The predicted molar refractivity (Wildman–Crippen MR) is 158 cm³/mol. The normalized spacial score (nSPS) is 14.7. The molecular formula is C29H29Cl2N7O3. The summed E-state index contributed by atoms with van der Waals surface area (Å²) < 4.78 is 10.9. The van der Waals surface area contributed by atoms with Gasteiger partial charge in [0.1, 0.15) is 11.4 Å². The average Bonchev–Trinajstić information content (AvgIpc) is 3.42. The lowest BCUT2D eigenvalue weighted by molar-refractivity contribution is -0.119. The van der Waals surface area contributed by atoms with Crippen molar-refractivity contribution in [3.05, 3.63) is 70.2 Å². The predicted octanol–water partition coefficient (Wildman–Crippen LogP) is 4.42. The molecule has 4 aromatic rings. The maximum atomic E-state index is 11.4. The van der Waals surface area contributed by atoms with Crippen molar-refractivity contribution in [2.45, 2.75) is 32.0 Å². The van der Waals surface area contributed by atoms with Crippen LogP contribution in [0.2, 0.25) is 10.0 Å². The van der Waals surface area contributed by atoms with Crippen LogP contribution in [0, 0.1) is 0 Å². The highest BCUT2D eigenvalue weighted by Gasteiger charge is 2.21. The van der Waals surface area contributed by atoms with Crippen LogP contribution in [-0.4, -0.2) is 52.6 Å². The Hall–Kier alpha value is -3.83. The number of hydrogen-bond donors (Lipinski definition) is 3. The molecule has 5 rings (SSSR count). The summed E-state index contributed by atoms with van der Waals surface area (Å²) in [5.41, 5.74) is 10.9. The van der Waals surface area contributed by atoms with E-state index in [2.05, 4.69) is 30.6 Å². The van der Waals surface area contributed by atoms with E-state index >= 15 is 0 Å². The summed E-state index contributed by atoms with van der Waals surface area (Å²) in [4.78, 5) is 29.6. The average molecular weight is 595 g/mol. The van der Waals surface area contributed by atoms with E-state index in [-0.39, 0.29) is 18.5 Å². The lowest BCUT2D eigenvalue weighted by Gasteiger charge is -2.15. The molecule has 212 valence electrons. The molecule has 0 radical (unpaired) electrons. The van der Waals surface area contributed by atoms with E-state index in [4.69, 9.17) is 38.4 Å². The van der Waals surface area contributed by atoms with E-state index in [0.29, 0.717) is 75.2 Å². The SMILES string of the molecule is COc1nc(-c2cccc(-c3cccc(-c4cnc(CNC[C@@H]5CCC(=O)N5)c(OC)n4)c3Cl)c2Cl)cnc1CN. The van der Waals surface area contributed by atoms with Crippen LogP contribution in [0.3, 0.4) is 0 Å². The van der Waals surface area contributed by atoms with E-state index < -0.39 is 0 Å². The van der Waals surface area contributed by atoms with Crippen LogP contribution in [0.5, 0.6) is 11.8 Å². The fraction of sp³-hybridized carbons (Fsp3) is 0.276. The Morgan fingerprint density at radius 2 is 1.44 bits per heavy atom. The molecular weight excluding hydrogens is 565 g/mol. The van der Waals surface area contributed by atoms with Gasteiger partial charge in [-0.2, -0.15) is 0 Å². The van der Waals surface area contributed by atoms with Crippen molar-refractivity contribution in [1.82, 2.24) is 30.6 Å². The van der Waals surface area contributed by atoms with Gasteiger partial charge in [0, 0.05) is 54.4 Å². The first-order valence-electron chi connectivity index (χ1n) is 13.0. The summed E-state index contributed by atoms with van der Waals surface area (Å²) in [7, 11) is 3.07. The topological polar surface area (TPSA) is 137 Å². The standard InChI is InChI=1S/C29H29Cl2N7O3/c1-40-28-21(11-32)34-14-22(37-28)19-7-3-5-17(26(19)30)18-6-4-8-20(27(18)31)23-15-35-24(29(38-23)41-2)13-33-12-16-9-10-25(39)36-16/h3-8,14-16,33H,9-13,32H2,1-2H3,(H,36,39)/t16-/m0/s1. The maximum absolute atomic E-state index is 11.4.